The molecule has 0 spiro atoms. The number of hydrogen-bond acceptors (Lipinski definition) is 5. The highest BCUT2D eigenvalue weighted by molar-refractivity contribution is 7.99. The van der Waals surface area contributed by atoms with Crippen LogP contribution in [0.3, 0.4) is 0 Å². The molecule has 5 nitrogen and oxygen atoms in total. The van der Waals surface area contributed by atoms with E-state index in [-0.39, 0.29) is 5.91 Å². The van der Waals surface area contributed by atoms with E-state index in [0.717, 1.165) is 10.6 Å². The molecule has 1 aromatic carbocycles. The van der Waals surface area contributed by atoms with Crippen LogP contribution in [0.15, 0.2) is 46.7 Å². The minimum absolute atomic E-state index is 0.0859. The highest BCUT2D eigenvalue weighted by Crippen LogP contribution is 2.25. The lowest BCUT2D eigenvalue weighted by Gasteiger charge is -2.03. The molecule has 2 rings (SSSR count). The van der Waals surface area contributed by atoms with Crippen LogP contribution in [0.1, 0.15) is 6.92 Å². The van der Waals surface area contributed by atoms with Gasteiger partial charge in [-0.3, -0.25) is 4.79 Å². The van der Waals surface area contributed by atoms with E-state index in [4.69, 9.17) is 5.73 Å². The lowest BCUT2D eigenvalue weighted by molar-refractivity contribution is -0.114. The first-order valence-electron chi connectivity index (χ1n) is 5.26. The molecule has 0 bridgehead atoms. The van der Waals surface area contributed by atoms with Gasteiger partial charge in [-0.15, -0.1) is 0 Å². The molecule has 0 aliphatic carbocycles. The molecule has 1 aromatic heterocycles. The minimum atomic E-state index is -0.0859. The van der Waals surface area contributed by atoms with Crippen molar-refractivity contribution in [3.8, 4) is 0 Å². The van der Waals surface area contributed by atoms with E-state index in [0.29, 0.717) is 10.8 Å². The van der Waals surface area contributed by atoms with Crippen LogP contribution in [0.2, 0.25) is 0 Å². The number of rotatable bonds is 3. The Morgan fingerprint density at radius 1 is 1.22 bits per heavy atom. The molecule has 0 fully saturated rings. The lowest BCUT2D eigenvalue weighted by Crippen LogP contribution is -2.05. The topological polar surface area (TPSA) is 80.9 Å². The number of hydrogen-bond donors (Lipinski definition) is 2. The predicted molar refractivity (Wildman–Crippen MR) is 71.3 cm³/mol. The molecular weight excluding hydrogens is 248 g/mol. The molecule has 1 amide bonds. The molecular formula is C12H12N4OS. The summed E-state index contributed by atoms with van der Waals surface area (Å²) in [6, 6.07) is 7.47. The summed E-state index contributed by atoms with van der Waals surface area (Å²) in [5.41, 5.74) is 6.82. The number of nitrogens with one attached hydrogen (secondary N) is 1. The van der Waals surface area contributed by atoms with Gasteiger partial charge in [0, 0.05) is 17.5 Å². The molecule has 3 N–H and O–H groups in total. The molecule has 0 saturated heterocycles. The van der Waals surface area contributed by atoms with Crippen molar-refractivity contribution in [3.05, 3.63) is 36.7 Å². The van der Waals surface area contributed by atoms with E-state index in [9.17, 15) is 4.79 Å². The smallest absolute Gasteiger partial charge is 0.221 e. The molecule has 0 atom stereocenters. The third-order valence-electron chi connectivity index (χ3n) is 2.03. The number of anilines is 2. The van der Waals surface area contributed by atoms with Crippen molar-refractivity contribution >= 4 is 29.0 Å². The Bertz CT molecular complexity index is 539. The second kappa shape index (κ2) is 5.50. The van der Waals surface area contributed by atoms with Crippen molar-refractivity contribution in [2.75, 3.05) is 11.1 Å². The Balaban J connectivity index is 2.06. The Hall–Kier alpha value is -2.08. The molecule has 18 heavy (non-hydrogen) atoms. The quantitative estimate of drug-likeness (QED) is 0.827. The van der Waals surface area contributed by atoms with Gasteiger partial charge in [-0.25, -0.2) is 9.97 Å². The first-order valence-corrected chi connectivity index (χ1v) is 6.08. The second-order valence-electron chi connectivity index (χ2n) is 3.61. The van der Waals surface area contributed by atoms with Gasteiger partial charge in [0.15, 0.2) is 5.16 Å². The van der Waals surface area contributed by atoms with Crippen molar-refractivity contribution in [3.63, 3.8) is 0 Å². The number of nitrogens with two attached hydrogens (primary N) is 1. The number of carbonyl (C=O) groups excluding carboxylic acids is 1. The number of benzene rings is 1. The van der Waals surface area contributed by atoms with Gasteiger partial charge >= 0.3 is 0 Å². The zero-order chi connectivity index (χ0) is 13.0. The number of nitrogen functional groups attached to an aromatic ring is 1. The molecule has 0 aliphatic rings. The molecule has 2 aromatic rings. The summed E-state index contributed by atoms with van der Waals surface area (Å²) in [5.74, 6) is -0.0859. The summed E-state index contributed by atoms with van der Waals surface area (Å²) in [7, 11) is 0. The zero-order valence-electron chi connectivity index (χ0n) is 9.75. The van der Waals surface area contributed by atoms with Gasteiger partial charge in [-0.05, 0) is 36.0 Å². The van der Waals surface area contributed by atoms with Gasteiger partial charge in [-0.1, -0.05) is 0 Å². The van der Waals surface area contributed by atoms with Gasteiger partial charge in [0.1, 0.15) is 0 Å². The van der Waals surface area contributed by atoms with E-state index in [2.05, 4.69) is 15.3 Å². The third kappa shape index (κ3) is 3.46. The monoisotopic (exact) mass is 260 g/mol. The molecule has 0 radical (unpaired) electrons. The zero-order valence-corrected chi connectivity index (χ0v) is 10.6. The Labute approximate surface area is 109 Å². The third-order valence-corrected chi connectivity index (χ3v) is 2.93. The first-order chi connectivity index (χ1) is 8.63. The van der Waals surface area contributed by atoms with E-state index in [1.54, 1.807) is 12.4 Å². The first kappa shape index (κ1) is 12.4. The van der Waals surface area contributed by atoms with Crippen LogP contribution >= 0.6 is 11.8 Å². The van der Waals surface area contributed by atoms with E-state index in [1.807, 2.05) is 24.3 Å². The van der Waals surface area contributed by atoms with Gasteiger partial charge in [0.25, 0.3) is 0 Å². The minimum Gasteiger partial charge on any atom is -0.396 e. The van der Waals surface area contributed by atoms with E-state index < -0.39 is 0 Å². The molecule has 6 heteroatoms. The summed E-state index contributed by atoms with van der Waals surface area (Å²) in [4.78, 5) is 20.1. The molecule has 1 heterocycles. The average molecular weight is 260 g/mol. The number of nitrogens with zero attached hydrogens (tertiary/aromatic N) is 2. The summed E-state index contributed by atoms with van der Waals surface area (Å²) in [6.07, 6.45) is 3.14. The van der Waals surface area contributed by atoms with Crippen molar-refractivity contribution in [1.82, 2.24) is 9.97 Å². The summed E-state index contributed by atoms with van der Waals surface area (Å²) >= 11 is 1.43. The van der Waals surface area contributed by atoms with Crippen molar-refractivity contribution in [2.45, 2.75) is 17.0 Å². The van der Waals surface area contributed by atoms with Crippen LogP contribution in [0.4, 0.5) is 11.4 Å². The number of aromatic nitrogens is 2. The fourth-order valence-corrected chi connectivity index (χ4v) is 1.99. The molecule has 0 saturated carbocycles. The highest BCUT2D eigenvalue weighted by atomic mass is 32.2. The highest BCUT2D eigenvalue weighted by Gasteiger charge is 2.01. The van der Waals surface area contributed by atoms with Gasteiger partial charge in [-0.2, -0.15) is 0 Å². The van der Waals surface area contributed by atoms with Crippen LogP contribution in [-0.2, 0) is 4.79 Å². The fourth-order valence-electron chi connectivity index (χ4n) is 1.29. The normalized spacial score (nSPS) is 10.1. The maximum absolute atomic E-state index is 10.9. The van der Waals surface area contributed by atoms with Crippen molar-refractivity contribution in [1.29, 1.82) is 0 Å². The van der Waals surface area contributed by atoms with Crippen LogP contribution in [0, 0.1) is 0 Å². The van der Waals surface area contributed by atoms with Crippen LogP contribution in [-0.4, -0.2) is 15.9 Å². The number of carbonyl (C=O) groups is 1. The molecule has 92 valence electrons. The standard InChI is InChI=1S/C12H12N4OS/c1-8(17)16-10-2-4-11(5-3-10)18-12-14-6-9(13)7-15-12/h2-7H,13H2,1H3,(H,16,17). The lowest BCUT2D eigenvalue weighted by atomic mass is 10.3. The van der Waals surface area contributed by atoms with Gasteiger partial charge in [0.05, 0.1) is 18.1 Å². The van der Waals surface area contributed by atoms with Gasteiger partial charge in [0.2, 0.25) is 5.91 Å². The van der Waals surface area contributed by atoms with Gasteiger partial charge < -0.3 is 11.1 Å². The van der Waals surface area contributed by atoms with E-state index in [1.165, 1.54) is 18.7 Å². The molecule has 0 aliphatic heterocycles. The van der Waals surface area contributed by atoms with Crippen molar-refractivity contribution in [2.24, 2.45) is 0 Å². The van der Waals surface area contributed by atoms with Crippen LogP contribution in [0.25, 0.3) is 0 Å². The molecule has 0 unspecified atom stereocenters. The SMILES string of the molecule is CC(=O)Nc1ccc(Sc2ncc(N)cn2)cc1. The Kier molecular flexibility index (Phi) is 3.78. The Morgan fingerprint density at radius 2 is 1.83 bits per heavy atom. The van der Waals surface area contributed by atoms with Crippen LogP contribution < -0.4 is 11.1 Å². The van der Waals surface area contributed by atoms with Crippen LogP contribution in [0.5, 0.6) is 0 Å². The van der Waals surface area contributed by atoms with Crippen molar-refractivity contribution < 1.29 is 4.79 Å². The summed E-state index contributed by atoms with van der Waals surface area (Å²) < 4.78 is 0. The largest absolute Gasteiger partial charge is 0.396 e. The number of amides is 1. The summed E-state index contributed by atoms with van der Waals surface area (Å²) in [6.45, 7) is 1.48. The summed E-state index contributed by atoms with van der Waals surface area (Å²) in [5, 5.41) is 3.34. The van der Waals surface area contributed by atoms with E-state index >= 15 is 0 Å². The predicted octanol–water partition coefficient (Wildman–Crippen LogP) is 2.17. The fraction of sp³-hybridized carbons (Fsp3) is 0.0833. The maximum Gasteiger partial charge on any atom is 0.221 e. The maximum atomic E-state index is 10.9. The average Bonchev–Trinajstić information content (AvgIpc) is 2.34. The Morgan fingerprint density at radius 3 is 2.39 bits per heavy atom. The second-order valence-corrected chi connectivity index (χ2v) is 4.65.